The number of hydrogen-bond donors (Lipinski definition) is 1. The summed E-state index contributed by atoms with van der Waals surface area (Å²) in [5.74, 6) is 0.678. The van der Waals surface area contributed by atoms with Gasteiger partial charge in [-0.3, -0.25) is 9.59 Å². The van der Waals surface area contributed by atoms with Crippen molar-refractivity contribution in [2.24, 2.45) is 0 Å². The number of nitrogens with one attached hydrogen (secondary N) is 1. The molecule has 6 heteroatoms. The van der Waals surface area contributed by atoms with E-state index in [2.05, 4.69) is 11.4 Å². The Hall–Kier alpha value is -1.79. The highest BCUT2D eigenvalue weighted by molar-refractivity contribution is 8.00. The van der Waals surface area contributed by atoms with Crippen LogP contribution in [0.15, 0.2) is 35.7 Å². The van der Waals surface area contributed by atoms with Crippen molar-refractivity contribution in [1.82, 2.24) is 4.90 Å². The Kier molecular flexibility index (Phi) is 5.83. The van der Waals surface area contributed by atoms with Crippen LogP contribution in [0.25, 0.3) is 0 Å². The maximum atomic E-state index is 12.6. The summed E-state index contributed by atoms with van der Waals surface area (Å²) in [5.41, 5.74) is 3.23. The van der Waals surface area contributed by atoms with Crippen molar-refractivity contribution in [2.45, 2.75) is 43.9 Å². The molecular formula is C21H24N2O2S2. The SMILES string of the molecule is O=C(CSC1CCCC1)Nc1ccc2c(c1)CN(C(=O)c1cccs1)CC2. The second kappa shape index (κ2) is 8.48. The maximum Gasteiger partial charge on any atom is 0.264 e. The van der Waals surface area contributed by atoms with Gasteiger partial charge in [-0.2, -0.15) is 0 Å². The number of hydrogen-bond acceptors (Lipinski definition) is 4. The summed E-state index contributed by atoms with van der Waals surface area (Å²) in [7, 11) is 0. The molecule has 1 N–H and O–H groups in total. The standard InChI is InChI=1S/C21H24N2O2S2/c24-20(14-27-18-4-1-2-5-18)22-17-8-7-15-9-10-23(13-16(15)12-17)21(25)19-6-3-11-26-19/h3,6-8,11-12,18H,1-2,4-5,9-10,13-14H2,(H,22,24). The molecule has 0 spiro atoms. The third-order valence-corrected chi connectivity index (χ3v) is 7.50. The predicted octanol–water partition coefficient (Wildman–Crippen LogP) is 4.56. The first-order valence-corrected chi connectivity index (χ1v) is 11.5. The first kappa shape index (κ1) is 18.6. The van der Waals surface area contributed by atoms with Crippen LogP contribution in [0.5, 0.6) is 0 Å². The molecule has 2 aliphatic rings. The van der Waals surface area contributed by atoms with Gasteiger partial charge in [0.25, 0.3) is 5.91 Å². The Labute approximate surface area is 168 Å². The van der Waals surface area contributed by atoms with Crippen LogP contribution in [0.4, 0.5) is 5.69 Å². The highest BCUT2D eigenvalue weighted by Gasteiger charge is 2.23. The molecule has 142 valence electrons. The van der Waals surface area contributed by atoms with Crippen LogP contribution in [0.2, 0.25) is 0 Å². The van der Waals surface area contributed by atoms with E-state index in [9.17, 15) is 9.59 Å². The summed E-state index contributed by atoms with van der Waals surface area (Å²) in [4.78, 5) is 27.6. The molecule has 0 unspecified atom stereocenters. The fourth-order valence-electron chi connectivity index (χ4n) is 3.81. The molecule has 0 radical (unpaired) electrons. The normalized spacial score (nSPS) is 17.0. The molecule has 1 aliphatic carbocycles. The zero-order chi connectivity index (χ0) is 18.6. The van der Waals surface area contributed by atoms with E-state index in [4.69, 9.17) is 0 Å². The number of rotatable bonds is 5. The van der Waals surface area contributed by atoms with Gasteiger partial charge in [-0.05, 0) is 54.0 Å². The van der Waals surface area contributed by atoms with Crippen molar-refractivity contribution in [1.29, 1.82) is 0 Å². The van der Waals surface area contributed by atoms with Crippen molar-refractivity contribution in [2.75, 3.05) is 17.6 Å². The molecule has 2 aromatic rings. The van der Waals surface area contributed by atoms with Crippen LogP contribution >= 0.6 is 23.1 Å². The lowest BCUT2D eigenvalue weighted by atomic mass is 9.99. The lowest BCUT2D eigenvalue weighted by Gasteiger charge is -2.29. The van der Waals surface area contributed by atoms with Crippen molar-refractivity contribution < 1.29 is 9.59 Å². The fraction of sp³-hybridized carbons (Fsp3) is 0.429. The Morgan fingerprint density at radius 1 is 1.19 bits per heavy atom. The number of fused-ring (bicyclic) bond motifs is 1. The van der Waals surface area contributed by atoms with Gasteiger partial charge in [0.2, 0.25) is 5.91 Å². The summed E-state index contributed by atoms with van der Waals surface area (Å²) >= 11 is 3.26. The summed E-state index contributed by atoms with van der Waals surface area (Å²) in [6.07, 6.45) is 5.93. The molecule has 1 aromatic heterocycles. The second-order valence-electron chi connectivity index (χ2n) is 7.20. The quantitative estimate of drug-likeness (QED) is 0.800. The van der Waals surface area contributed by atoms with Crippen LogP contribution in [-0.4, -0.2) is 34.3 Å². The van der Waals surface area contributed by atoms with Gasteiger partial charge in [-0.15, -0.1) is 23.1 Å². The highest BCUT2D eigenvalue weighted by atomic mass is 32.2. The van der Waals surface area contributed by atoms with E-state index in [-0.39, 0.29) is 11.8 Å². The van der Waals surface area contributed by atoms with E-state index in [0.717, 1.165) is 29.1 Å². The predicted molar refractivity (Wildman–Crippen MR) is 113 cm³/mol. The van der Waals surface area contributed by atoms with E-state index in [1.54, 1.807) is 11.8 Å². The third kappa shape index (κ3) is 4.55. The number of thioether (sulfide) groups is 1. The van der Waals surface area contributed by atoms with Crippen molar-refractivity contribution in [3.8, 4) is 0 Å². The first-order valence-electron chi connectivity index (χ1n) is 9.55. The van der Waals surface area contributed by atoms with Gasteiger partial charge in [0.15, 0.2) is 0 Å². The van der Waals surface area contributed by atoms with E-state index in [0.29, 0.717) is 17.5 Å². The molecule has 4 nitrogen and oxygen atoms in total. The monoisotopic (exact) mass is 400 g/mol. The molecule has 2 amide bonds. The van der Waals surface area contributed by atoms with Gasteiger partial charge in [-0.1, -0.05) is 25.0 Å². The van der Waals surface area contributed by atoms with Gasteiger partial charge in [0, 0.05) is 24.0 Å². The maximum absolute atomic E-state index is 12.6. The van der Waals surface area contributed by atoms with Crippen molar-refractivity contribution in [3.63, 3.8) is 0 Å². The van der Waals surface area contributed by atoms with E-state index in [1.807, 2.05) is 34.5 Å². The zero-order valence-corrected chi connectivity index (χ0v) is 16.9. The van der Waals surface area contributed by atoms with E-state index < -0.39 is 0 Å². The van der Waals surface area contributed by atoms with Crippen LogP contribution in [0.3, 0.4) is 0 Å². The average Bonchev–Trinajstić information content (AvgIpc) is 3.39. The Balaban J connectivity index is 1.37. The largest absolute Gasteiger partial charge is 0.333 e. The third-order valence-electron chi connectivity index (χ3n) is 5.27. The van der Waals surface area contributed by atoms with Crippen LogP contribution in [0, 0.1) is 0 Å². The Morgan fingerprint density at radius 2 is 2.04 bits per heavy atom. The lowest BCUT2D eigenvalue weighted by molar-refractivity contribution is -0.113. The van der Waals surface area contributed by atoms with Crippen molar-refractivity contribution in [3.05, 3.63) is 51.7 Å². The summed E-state index contributed by atoms with van der Waals surface area (Å²) in [6, 6.07) is 9.88. The number of anilines is 1. The van der Waals surface area contributed by atoms with Gasteiger partial charge in [0.05, 0.1) is 10.6 Å². The molecule has 0 bridgehead atoms. The smallest absolute Gasteiger partial charge is 0.264 e. The minimum Gasteiger partial charge on any atom is -0.333 e. The van der Waals surface area contributed by atoms with E-state index >= 15 is 0 Å². The summed E-state index contributed by atoms with van der Waals surface area (Å²) in [6.45, 7) is 1.35. The van der Waals surface area contributed by atoms with Crippen LogP contribution < -0.4 is 5.32 Å². The number of benzene rings is 1. The van der Waals surface area contributed by atoms with Gasteiger partial charge >= 0.3 is 0 Å². The Morgan fingerprint density at radius 3 is 2.81 bits per heavy atom. The van der Waals surface area contributed by atoms with E-state index in [1.165, 1.54) is 42.6 Å². The summed E-state index contributed by atoms with van der Waals surface area (Å²) < 4.78 is 0. The molecule has 1 fully saturated rings. The number of carbonyl (C=O) groups is 2. The molecule has 1 aromatic carbocycles. The molecule has 4 rings (SSSR count). The van der Waals surface area contributed by atoms with Crippen LogP contribution in [0.1, 0.15) is 46.5 Å². The van der Waals surface area contributed by atoms with Crippen LogP contribution in [-0.2, 0) is 17.8 Å². The Bertz CT molecular complexity index is 814. The molecule has 27 heavy (non-hydrogen) atoms. The molecule has 1 saturated carbocycles. The molecule has 1 aliphatic heterocycles. The topological polar surface area (TPSA) is 49.4 Å². The fourth-order valence-corrected chi connectivity index (χ4v) is 5.63. The summed E-state index contributed by atoms with van der Waals surface area (Å²) in [5, 5.41) is 5.61. The van der Waals surface area contributed by atoms with Gasteiger partial charge in [-0.25, -0.2) is 0 Å². The highest BCUT2D eigenvalue weighted by Crippen LogP contribution is 2.29. The lowest BCUT2D eigenvalue weighted by Crippen LogP contribution is -2.35. The molecule has 0 atom stereocenters. The minimum absolute atomic E-state index is 0.0641. The van der Waals surface area contributed by atoms with Gasteiger partial charge in [0.1, 0.15) is 0 Å². The minimum atomic E-state index is 0.0641. The molecular weight excluding hydrogens is 376 g/mol. The number of carbonyl (C=O) groups excluding carboxylic acids is 2. The van der Waals surface area contributed by atoms with Crippen molar-refractivity contribution >= 4 is 40.6 Å². The number of thiophene rings is 1. The first-order chi connectivity index (χ1) is 13.2. The number of nitrogens with zero attached hydrogens (tertiary/aromatic N) is 1. The molecule has 2 heterocycles. The zero-order valence-electron chi connectivity index (χ0n) is 15.3. The average molecular weight is 401 g/mol. The number of amides is 2. The van der Waals surface area contributed by atoms with Gasteiger partial charge < -0.3 is 10.2 Å². The molecule has 0 saturated heterocycles. The second-order valence-corrected chi connectivity index (χ2v) is 9.44.